The molecule has 0 saturated carbocycles. The zero-order valence-corrected chi connectivity index (χ0v) is 9.52. The van der Waals surface area contributed by atoms with Crippen molar-refractivity contribution in [1.29, 1.82) is 0 Å². The van der Waals surface area contributed by atoms with E-state index in [4.69, 9.17) is 10.2 Å². The van der Waals surface area contributed by atoms with Crippen molar-refractivity contribution in [3.63, 3.8) is 0 Å². The maximum Gasteiger partial charge on any atom is 0.172 e. The van der Waals surface area contributed by atoms with Crippen LogP contribution in [0, 0.1) is 5.92 Å². The number of hydrogen-bond acceptors (Lipinski definition) is 5. The second kappa shape index (κ2) is 8.24. The Morgan fingerprint density at radius 2 is 1.88 bits per heavy atom. The van der Waals surface area contributed by atoms with Gasteiger partial charge in [0.25, 0.3) is 0 Å². The smallest absolute Gasteiger partial charge is 0.172 e. The highest BCUT2D eigenvalue weighted by Crippen LogP contribution is 2.13. The molecule has 0 fully saturated rings. The van der Waals surface area contributed by atoms with Crippen molar-refractivity contribution in [2.24, 2.45) is 5.92 Å². The minimum atomic E-state index is -1.62. The molecule has 0 heterocycles. The lowest BCUT2D eigenvalue weighted by Crippen LogP contribution is -2.42. The van der Waals surface area contributed by atoms with E-state index in [2.05, 4.69) is 0 Å². The number of carbonyl (C=O) groups excluding carboxylic acids is 2. The van der Waals surface area contributed by atoms with Crippen LogP contribution in [-0.2, 0) is 9.59 Å². The zero-order valence-electron chi connectivity index (χ0n) is 9.52. The van der Waals surface area contributed by atoms with E-state index in [0.29, 0.717) is 6.42 Å². The Bertz CT molecular complexity index is 226. The van der Waals surface area contributed by atoms with Gasteiger partial charge in [0.05, 0.1) is 18.5 Å². The lowest BCUT2D eigenvalue weighted by Gasteiger charge is -2.18. The second-order valence-electron chi connectivity index (χ2n) is 3.82. The van der Waals surface area contributed by atoms with Crippen LogP contribution in [0.5, 0.6) is 0 Å². The predicted molar refractivity (Wildman–Crippen MR) is 55.4 cm³/mol. The number of aliphatic hydroxyl groups excluding tert-OH is 2. The molecule has 0 rings (SSSR count). The standard InChI is InChI=1S/C11H20O5/c1-2-3-4-5-6-8(11(15)16)10(14)9(13)7-12/h8-9,12-13H,2-7H2,1H3,(H,15,16)/p-1. The summed E-state index contributed by atoms with van der Waals surface area (Å²) in [5.74, 6) is -3.65. The number of carboxylic acid groups (broad SMARTS) is 1. The van der Waals surface area contributed by atoms with Gasteiger partial charge in [0.1, 0.15) is 6.10 Å². The van der Waals surface area contributed by atoms with Gasteiger partial charge in [-0.1, -0.05) is 32.6 Å². The van der Waals surface area contributed by atoms with Crippen LogP contribution in [0.15, 0.2) is 0 Å². The van der Waals surface area contributed by atoms with Crippen molar-refractivity contribution >= 4 is 11.8 Å². The molecule has 0 bridgehead atoms. The molecule has 94 valence electrons. The molecular formula is C11H19O5-. The van der Waals surface area contributed by atoms with E-state index >= 15 is 0 Å². The Labute approximate surface area is 95.1 Å². The fourth-order valence-corrected chi connectivity index (χ4v) is 1.47. The first-order valence-electron chi connectivity index (χ1n) is 5.58. The normalized spacial score (nSPS) is 14.4. The Balaban J connectivity index is 4.17. The quantitative estimate of drug-likeness (QED) is 0.402. The summed E-state index contributed by atoms with van der Waals surface area (Å²) in [5, 5.41) is 28.3. The molecule has 0 aromatic rings. The molecule has 0 aromatic carbocycles. The molecule has 0 amide bonds. The van der Waals surface area contributed by atoms with Gasteiger partial charge in [-0.2, -0.15) is 0 Å². The third kappa shape index (κ3) is 5.23. The molecule has 5 heteroatoms. The molecule has 0 aliphatic carbocycles. The van der Waals surface area contributed by atoms with Gasteiger partial charge in [-0.3, -0.25) is 4.79 Å². The molecule has 16 heavy (non-hydrogen) atoms. The van der Waals surface area contributed by atoms with Crippen molar-refractivity contribution in [1.82, 2.24) is 0 Å². The highest BCUT2D eigenvalue weighted by atomic mass is 16.4. The number of carbonyl (C=O) groups is 2. The van der Waals surface area contributed by atoms with Gasteiger partial charge in [0.2, 0.25) is 0 Å². The number of aliphatic carboxylic acids is 1. The van der Waals surface area contributed by atoms with Crippen LogP contribution >= 0.6 is 0 Å². The second-order valence-corrected chi connectivity index (χ2v) is 3.82. The van der Waals surface area contributed by atoms with Gasteiger partial charge in [-0.05, 0) is 6.42 Å². The van der Waals surface area contributed by atoms with Crippen molar-refractivity contribution in [3.8, 4) is 0 Å². The summed E-state index contributed by atoms with van der Waals surface area (Å²) in [6.45, 7) is 1.27. The first-order valence-corrected chi connectivity index (χ1v) is 5.58. The molecule has 0 aliphatic rings. The molecule has 0 saturated heterocycles. The zero-order chi connectivity index (χ0) is 12.6. The summed E-state index contributed by atoms with van der Waals surface area (Å²) in [5.41, 5.74) is 0. The number of ketones is 1. The van der Waals surface area contributed by atoms with Crippen LogP contribution in [0.25, 0.3) is 0 Å². The Morgan fingerprint density at radius 3 is 2.31 bits per heavy atom. The average molecular weight is 231 g/mol. The Morgan fingerprint density at radius 1 is 1.25 bits per heavy atom. The van der Waals surface area contributed by atoms with E-state index in [0.717, 1.165) is 19.3 Å². The number of rotatable bonds is 9. The molecule has 0 aliphatic heterocycles. The fraction of sp³-hybridized carbons (Fsp3) is 0.818. The van der Waals surface area contributed by atoms with E-state index in [1.807, 2.05) is 6.92 Å². The molecular weight excluding hydrogens is 212 g/mol. The van der Waals surface area contributed by atoms with Crippen molar-refractivity contribution in [2.45, 2.75) is 45.1 Å². The number of unbranched alkanes of at least 4 members (excludes halogenated alkanes) is 3. The van der Waals surface area contributed by atoms with E-state index in [-0.39, 0.29) is 6.42 Å². The minimum Gasteiger partial charge on any atom is -0.549 e. The van der Waals surface area contributed by atoms with Crippen molar-refractivity contribution < 1.29 is 24.9 Å². The SMILES string of the molecule is CCCCCCC(C(=O)[O-])C(=O)C(O)CO. The number of aliphatic hydroxyl groups is 2. The summed E-state index contributed by atoms with van der Waals surface area (Å²) in [7, 11) is 0. The highest BCUT2D eigenvalue weighted by Gasteiger charge is 2.25. The van der Waals surface area contributed by atoms with E-state index in [1.54, 1.807) is 0 Å². The van der Waals surface area contributed by atoms with Crippen LogP contribution in [0.1, 0.15) is 39.0 Å². The maximum absolute atomic E-state index is 11.3. The van der Waals surface area contributed by atoms with Crippen LogP contribution in [0.4, 0.5) is 0 Å². The maximum atomic E-state index is 11.3. The van der Waals surface area contributed by atoms with Crippen molar-refractivity contribution in [2.75, 3.05) is 6.61 Å². The molecule has 0 aromatic heterocycles. The summed E-state index contributed by atoms with van der Waals surface area (Å²) < 4.78 is 0. The van der Waals surface area contributed by atoms with Gasteiger partial charge < -0.3 is 20.1 Å². The first-order chi connectivity index (χ1) is 7.54. The van der Waals surface area contributed by atoms with Crippen LogP contribution in [-0.4, -0.2) is 34.7 Å². The Kier molecular flexibility index (Phi) is 7.76. The minimum absolute atomic E-state index is 0.165. The summed E-state index contributed by atoms with van der Waals surface area (Å²) >= 11 is 0. The van der Waals surface area contributed by atoms with E-state index in [1.165, 1.54) is 0 Å². The van der Waals surface area contributed by atoms with Crippen LogP contribution < -0.4 is 5.11 Å². The highest BCUT2D eigenvalue weighted by molar-refractivity contribution is 5.99. The van der Waals surface area contributed by atoms with Crippen LogP contribution in [0.3, 0.4) is 0 Å². The average Bonchev–Trinajstić information content (AvgIpc) is 2.26. The third-order valence-electron chi connectivity index (χ3n) is 2.48. The van der Waals surface area contributed by atoms with E-state index < -0.39 is 30.4 Å². The Hall–Kier alpha value is -0.940. The fourth-order valence-electron chi connectivity index (χ4n) is 1.47. The molecule has 2 unspecified atom stereocenters. The van der Waals surface area contributed by atoms with Gasteiger partial charge >= 0.3 is 0 Å². The largest absolute Gasteiger partial charge is 0.549 e. The monoisotopic (exact) mass is 231 g/mol. The van der Waals surface area contributed by atoms with E-state index in [9.17, 15) is 14.7 Å². The summed E-state index contributed by atoms with van der Waals surface area (Å²) in [4.78, 5) is 22.0. The van der Waals surface area contributed by atoms with Gasteiger partial charge in [0, 0.05) is 0 Å². The topological polar surface area (TPSA) is 97.7 Å². The lowest BCUT2D eigenvalue weighted by molar-refractivity contribution is -0.310. The van der Waals surface area contributed by atoms with Gasteiger partial charge in [-0.25, -0.2) is 0 Å². The first kappa shape index (κ1) is 15.1. The van der Waals surface area contributed by atoms with Gasteiger partial charge in [-0.15, -0.1) is 0 Å². The summed E-state index contributed by atoms with van der Waals surface area (Å²) in [6.07, 6.45) is 2.01. The molecule has 2 N–H and O–H groups in total. The van der Waals surface area contributed by atoms with Gasteiger partial charge in [0.15, 0.2) is 5.78 Å². The molecule has 2 atom stereocenters. The number of Topliss-reactive ketones (excluding diaryl/α,β-unsaturated/α-hetero) is 1. The third-order valence-corrected chi connectivity index (χ3v) is 2.48. The molecule has 5 nitrogen and oxygen atoms in total. The number of hydrogen-bond donors (Lipinski definition) is 2. The number of carboxylic acids is 1. The molecule has 0 spiro atoms. The van der Waals surface area contributed by atoms with Crippen LogP contribution in [0.2, 0.25) is 0 Å². The summed E-state index contributed by atoms with van der Waals surface area (Å²) in [6, 6.07) is 0. The molecule has 0 radical (unpaired) electrons. The van der Waals surface area contributed by atoms with Crippen molar-refractivity contribution in [3.05, 3.63) is 0 Å². The predicted octanol–water partition coefficient (Wildman–Crippen LogP) is -0.755. The lowest BCUT2D eigenvalue weighted by atomic mass is 9.94.